The van der Waals surface area contributed by atoms with Crippen molar-refractivity contribution >= 4 is 22.6 Å². The van der Waals surface area contributed by atoms with E-state index in [1.165, 1.54) is 29.3 Å². The van der Waals surface area contributed by atoms with E-state index in [0.29, 0.717) is 6.10 Å². The van der Waals surface area contributed by atoms with E-state index in [-0.39, 0.29) is 0 Å². The van der Waals surface area contributed by atoms with Gasteiger partial charge in [0.2, 0.25) is 0 Å². The van der Waals surface area contributed by atoms with E-state index in [1.807, 2.05) is 12.1 Å². The van der Waals surface area contributed by atoms with Crippen molar-refractivity contribution in [3.63, 3.8) is 0 Å². The molecule has 0 atom stereocenters. The van der Waals surface area contributed by atoms with Gasteiger partial charge in [-0.15, -0.1) is 0 Å². The highest BCUT2D eigenvalue weighted by molar-refractivity contribution is 14.1. The van der Waals surface area contributed by atoms with Crippen LogP contribution < -0.4 is 4.74 Å². The maximum Gasteiger partial charge on any atom is 0.120 e. The first-order valence-corrected chi connectivity index (χ1v) is 5.85. The van der Waals surface area contributed by atoms with Gasteiger partial charge in [0.15, 0.2) is 0 Å². The van der Waals surface area contributed by atoms with Crippen molar-refractivity contribution in [3.8, 4) is 5.75 Å². The molecule has 1 fully saturated rings. The molecular weight excluding hydrogens is 275 g/mol. The molecule has 1 aromatic carbocycles. The fourth-order valence-corrected chi connectivity index (χ4v) is 2.25. The maximum absolute atomic E-state index is 5.85. The third-order valence-electron chi connectivity index (χ3n) is 2.40. The summed E-state index contributed by atoms with van der Waals surface area (Å²) in [6.07, 6.45) is 5.58. The molecule has 13 heavy (non-hydrogen) atoms. The Morgan fingerprint density at radius 2 is 2.00 bits per heavy atom. The number of benzene rings is 1. The molecule has 0 aromatic heterocycles. The normalized spacial score (nSPS) is 17.6. The molecule has 1 saturated carbocycles. The van der Waals surface area contributed by atoms with Crippen LogP contribution in [0, 0.1) is 3.57 Å². The second-order valence-corrected chi connectivity index (χ2v) is 4.73. The summed E-state index contributed by atoms with van der Waals surface area (Å²) in [5, 5.41) is 0. The fourth-order valence-electron chi connectivity index (χ4n) is 1.74. The summed E-state index contributed by atoms with van der Waals surface area (Å²) >= 11 is 2.31. The highest BCUT2D eigenvalue weighted by atomic mass is 127. The molecule has 1 aromatic rings. The SMILES string of the molecule is Ic1cccc(OC2CCCC2)c1. The molecule has 1 aliphatic rings. The molecule has 1 nitrogen and oxygen atoms in total. The molecule has 0 amide bonds. The Labute approximate surface area is 92.6 Å². The van der Waals surface area contributed by atoms with Crippen molar-refractivity contribution in [1.82, 2.24) is 0 Å². The van der Waals surface area contributed by atoms with Gasteiger partial charge in [0.25, 0.3) is 0 Å². The van der Waals surface area contributed by atoms with Gasteiger partial charge in [-0.3, -0.25) is 0 Å². The first-order chi connectivity index (χ1) is 6.34. The summed E-state index contributed by atoms with van der Waals surface area (Å²) in [6, 6.07) is 8.27. The zero-order valence-electron chi connectivity index (χ0n) is 7.50. The molecule has 0 radical (unpaired) electrons. The Balaban J connectivity index is 2.00. The Kier molecular flexibility index (Phi) is 3.09. The van der Waals surface area contributed by atoms with Crippen molar-refractivity contribution in [2.24, 2.45) is 0 Å². The Morgan fingerprint density at radius 1 is 1.23 bits per heavy atom. The van der Waals surface area contributed by atoms with Gasteiger partial charge in [-0.05, 0) is 66.5 Å². The topological polar surface area (TPSA) is 9.23 Å². The van der Waals surface area contributed by atoms with E-state index in [9.17, 15) is 0 Å². The van der Waals surface area contributed by atoms with E-state index in [4.69, 9.17) is 4.74 Å². The van der Waals surface area contributed by atoms with Crippen molar-refractivity contribution in [3.05, 3.63) is 27.8 Å². The van der Waals surface area contributed by atoms with Gasteiger partial charge in [-0.25, -0.2) is 0 Å². The number of halogens is 1. The lowest BCUT2D eigenvalue weighted by Gasteiger charge is -2.12. The Morgan fingerprint density at radius 3 is 2.69 bits per heavy atom. The summed E-state index contributed by atoms with van der Waals surface area (Å²) in [5.74, 6) is 1.03. The Bertz CT molecular complexity index is 279. The first-order valence-electron chi connectivity index (χ1n) is 4.77. The van der Waals surface area contributed by atoms with Crippen LogP contribution in [-0.2, 0) is 0 Å². The predicted molar refractivity (Wildman–Crippen MR) is 62.0 cm³/mol. The van der Waals surface area contributed by atoms with E-state index in [2.05, 4.69) is 34.7 Å². The third kappa shape index (κ3) is 2.59. The average molecular weight is 288 g/mol. The second-order valence-electron chi connectivity index (χ2n) is 3.48. The van der Waals surface area contributed by atoms with Crippen LogP contribution in [0.3, 0.4) is 0 Å². The molecule has 2 heteroatoms. The minimum Gasteiger partial charge on any atom is -0.490 e. The molecular formula is C11H13IO. The molecule has 70 valence electrons. The summed E-state index contributed by atoms with van der Waals surface area (Å²) in [6.45, 7) is 0. The number of hydrogen-bond acceptors (Lipinski definition) is 1. The van der Waals surface area contributed by atoms with Crippen LogP contribution in [0.1, 0.15) is 25.7 Å². The van der Waals surface area contributed by atoms with Crippen molar-refractivity contribution in [2.75, 3.05) is 0 Å². The molecule has 0 heterocycles. The maximum atomic E-state index is 5.85. The summed E-state index contributed by atoms with van der Waals surface area (Å²) in [4.78, 5) is 0. The van der Waals surface area contributed by atoms with Crippen LogP contribution in [0.25, 0.3) is 0 Å². The predicted octanol–water partition coefficient (Wildman–Crippen LogP) is 3.61. The number of rotatable bonds is 2. The second kappa shape index (κ2) is 4.31. The van der Waals surface area contributed by atoms with E-state index < -0.39 is 0 Å². The first kappa shape index (κ1) is 9.31. The molecule has 0 bridgehead atoms. The van der Waals surface area contributed by atoms with Gasteiger partial charge < -0.3 is 4.74 Å². The lowest BCUT2D eigenvalue weighted by molar-refractivity contribution is 0.210. The highest BCUT2D eigenvalue weighted by Crippen LogP contribution is 2.24. The van der Waals surface area contributed by atoms with E-state index in [1.54, 1.807) is 0 Å². The Hall–Kier alpha value is -0.250. The van der Waals surface area contributed by atoms with Gasteiger partial charge in [0, 0.05) is 3.57 Å². The van der Waals surface area contributed by atoms with Gasteiger partial charge >= 0.3 is 0 Å². The van der Waals surface area contributed by atoms with Crippen LogP contribution in [0.2, 0.25) is 0 Å². The molecule has 0 spiro atoms. The van der Waals surface area contributed by atoms with E-state index in [0.717, 1.165) is 5.75 Å². The summed E-state index contributed by atoms with van der Waals surface area (Å²) < 4.78 is 7.09. The molecule has 0 aliphatic heterocycles. The third-order valence-corrected chi connectivity index (χ3v) is 3.07. The van der Waals surface area contributed by atoms with Crippen molar-refractivity contribution in [2.45, 2.75) is 31.8 Å². The zero-order valence-corrected chi connectivity index (χ0v) is 9.66. The monoisotopic (exact) mass is 288 g/mol. The smallest absolute Gasteiger partial charge is 0.120 e. The largest absolute Gasteiger partial charge is 0.490 e. The number of ether oxygens (including phenoxy) is 1. The minimum absolute atomic E-state index is 0.471. The summed E-state index contributed by atoms with van der Waals surface area (Å²) in [5.41, 5.74) is 0. The molecule has 0 N–H and O–H groups in total. The van der Waals surface area contributed by atoms with Crippen LogP contribution in [0.5, 0.6) is 5.75 Å². The molecule has 1 aliphatic carbocycles. The van der Waals surface area contributed by atoms with E-state index >= 15 is 0 Å². The lowest BCUT2D eigenvalue weighted by Crippen LogP contribution is -2.10. The van der Waals surface area contributed by atoms with Crippen molar-refractivity contribution < 1.29 is 4.74 Å². The van der Waals surface area contributed by atoms with Gasteiger partial charge in [0.1, 0.15) is 5.75 Å². The quantitative estimate of drug-likeness (QED) is 0.755. The average Bonchev–Trinajstić information content (AvgIpc) is 2.57. The van der Waals surface area contributed by atoms with Gasteiger partial charge in [-0.1, -0.05) is 6.07 Å². The van der Waals surface area contributed by atoms with Gasteiger partial charge in [0.05, 0.1) is 6.10 Å². The van der Waals surface area contributed by atoms with Crippen molar-refractivity contribution in [1.29, 1.82) is 0 Å². The highest BCUT2D eigenvalue weighted by Gasteiger charge is 2.16. The fraction of sp³-hybridized carbons (Fsp3) is 0.455. The summed E-state index contributed by atoms with van der Waals surface area (Å²) in [7, 11) is 0. The zero-order chi connectivity index (χ0) is 9.10. The van der Waals surface area contributed by atoms with Gasteiger partial charge in [-0.2, -0.15) is 0 Å². The lowest BCUT2D eigenvalue weighted by atomic mass is 10.3. The van der Waals surface area contributed by atoms with Crippen LogP contribution in [0.15, 0.2) is 24.3 Å². The molecule has 0 unspecified atom stereocenters. The van der Waals surface area contributed by atoms with Crippen LogP contribution in [-0.4, -0.2) is 6.10 Å². The molecule has 0 saturated heterocycles. The standard InChI is InChI=1S/C11H13IO/c12-9-4-3-7-11(8-9)13-10-5-1-2-6-10/h3-4,7-8,10H,1-2,5-6H2. The molecule has 2 rings (SSSR count). The van der Waals surface area contributed by atoms with Crippen LogP contribution >= 0.6 is 22.6 Å². The number of hydrogen-bond donors (Lipinski definition) is 0. The van der Waals surface area contributed by atoms with Crippen LogP contribution in [0.4, 0.5) is 0 Å². The minimum atomic E-state index is 0.471.